The van der Waals surface area contributed by atoms with Gasteiger partial charge in [-0.15, -0.1) is 0 Å². The number of rotatable bonds is 1. The van der Waals surface area contributed by atoms with Crippen LogP contribution < -0.4 is 0 Å². The molecule has 62 valence electrons. The summed E-state index contributed by atoms with van der Waals surface area (Å²) in [5, 5.41) is 0. The molecule has 3 saturated carbocycles. The van der Waals surface area contributed by atoms with E-state index in [-0.39, 0.29) is 0 Å². The van der Waals surface area contributed by atoms with Crippen LogP contribution in [0, 0.1) is 23.2 Å². The van der Waals surface area contributed by atoms with Crippen LogP contribution >= 0.6 is 0 Å². The molecule has 0 radical (unpaired) electrons. The highest BCUT2D eigenvalue weighted by Crippen LogP contribution is 2.60. The highest BCUT2D eigenvalue weighted by atomic mass is 16.1. The minimum absolute atomic E-state index is 0.395. The minimum atomic E-state index is 0.395. The molecule has 0 heterocycles. The third-order valence-electron chi connectivity index (χ3n) is 4.04. The molecular formula is C10H16O. The molecule has 0 N–H and O–H groups in total. The van der Waals surface area contributed by atoms with Crippen molar-refractivity contribution in [2.45, 2.75) is 33.1 Å². The second-order valence-corrected chi connectivity index (χ2v) is 4.82. The van der Waals surface area contributed by atoms with Gasteiger partial charge in [0, 0.05) is 5.92 Å². The third-order valence-corrected chi connectivity index (χ3v) is 4.04. The third kappa shape index (κ3) is 0.863. The Kier molecular flexibility index (Phi) is 1.39. The van der Waals surface area contributed by atoms with Crippen molar-refractivity contribution in [2.24, 2.45) is 23.2 Å². The molecule has 0 aromatic rings. The van der Waals surface area contributed by atoms with Gasteiger partial charge in [0.25, 0.3) is 0 Å². The molecule has 3 rings (SSSR count). The molecule has 2 unspecified atom stereocenters. The minimum Gasteiger partial charge on any atom is -0.303 e. The molecule has 0 aromatic carbocycles. The normalized spacial score (nSPS) is 46.2. The molecule has 3 fully saturated rings. The van der Waals surface area contributed by atoms with Crippen molar-refractivity contribution in [3.05, 3.63) is 0 Å². The first kappa shape index (κ1) is 7.33. The zero-order valence-corrected chi connectivity index (χ0v) is 7.34. The number of hydrogen-bond acceptors (Lipinski definition) is 1. The summed E-state index contributed by atoms with van der Waals surface area (Å²) in [6.07, 6.45) is 4.87. The van der Waals surface area contributed by atoms with Crippen molar-refractivity contribution in [3.63, 3.8) is 0 Å². The van der Waals surface area contributed by atoms with E-state index >= 15 is 0 Å². The highest BCUT2D eigenvalue weighted by Gasteiger charge is 2.52. The van der Waals surface area contributed by atoms with Gasteiger partial charge in [-0.3, -0.25) is 0 Å². The molecule has 3 aliphatic carbocycles. The van der Waals surface area contributed by atoms with Crippen molar-refractivity contribution in [1.82, 2.24) is 0 Å². The van der Waals surface area contributed by atoms with Gasteiger partial charge in [-0.1, -0.05) is 13.8 Å². The molecule has 2 atom stereocenters. The Morgan fingerprint density at radius 2 is 1.73 bits per heavy atom. The Morgan fingerprint density at radius 3 is 2.09 bits per heavy atom. The maximum atomic E-state index is 10.5. The monoisotopic (exact) mass is 152 g/mol. The molecule has 0 saturated heterocycles. The van der Waals surface area contributed by atoms with Crippen molar-refractivity contribution < 1.29 is 4.79 Å². The summed E-state index contributed by atoms with van der Waals surface area (Å²) in [4.78, 5) is 10.5. The van der Waals surface area contributed by atoms with Crippen LogP contribution in [0.4, 0.5) is 0 Å². The van der Waals surface area contributed by atoms with Gasteiger partial charge in [0.15, 0.2) is 0 Å². The standard InChI is InChI=1S/C10H16O/c1-10(2)8-3-7(6-11)4-9(10)5-8/h6-9H,3-5H2,1-2H3. The number of hydrogen-bond donors (Lipinski definition) is 0. The second-order valence-electron chi connectivity index (χ2n) is 4.82. The van der Waals surface area contributed by atoms with Gasteiger partial charge < -0.3 is 4.79 Å². The summed E-state index contributed by atoms with van der Waals surface area (Å²) in [6, 6.07) is 0. The van der Waals surface area contributed by atoms with Crippen LogP contribution in [0.3, 0.4) is 0 Å². The number of aldehydes is 1. The first-order valence-corrected chi connectivity index (χ1v) is 4.60. The van der Waals surface area contributed by atoms with Gasteiger partial charge in [0.2, 0.25) is 0 Å². The Morgan fingerprint density at radius 1 is 1.18 bits per heavy atom. The topological polar surface area (TPSA) is 17.1 Å². The zero-order valence-electron chi connectivity index (χ0n) is 7.34. The van der Waals surface area contributed by atoms with Gasteiger partial charge in [0.05, 0.1) is 0 Å². The van der Waals surface area contributed by atoms with Crippen LogP contribution in [0.1, 0.15) is 33.1 Å². The van der Waals surface area contributed by atoms with Crippen LogP contribution in [-0.4, -0.2) is 6.29 Å². The van der Waals surface area contributed by atoms with Crippen molar-refractivity contribution in [3.8, 4) is 0 Å². The Hall–Kier alpha value is -0.330. The van der Waals surface area contributed by atoms with Gasteiger partial charge in [-0.2, -0.15) is 0 Å². The lowest BCUT2D eigenvalue weighted by atomic mass is 9.47. The molecule has 3 aliphatic rings. The molecule has 11 heavy (non-hydrogen) atoms. The average Bonchev–Trinajstić information content (AvgIpc) is 2.04. The first-order valence-electron chi connectivity index (χ1n) is 4.60. The summed E-state index contributed by atoms with van der Waals surface area (Å²) in [5.41, 5.74) is 0.555. The Bertz CT molecular complexity index is 169. The summed E-state index contributed by atoms with van der Waals surface area (Å²) >= 11 is 0. The molecule has 0 aromatic heterocycles. The first-order chi connectivity index (χ1) is 5.14. The van der Waals surface area contributed by atoms with Gasteiger partial charge in [-0.05, 0) is 36.5 Å². The summed E-state index contributed by atoms with van der Waals surface area (Å²) in [7, 11) is 0. The van der Waals surface area contributed by atoms with Crippen LogP contribution in [0.2, 0.25) is 0 Å². The van der Waals surface area contributed by atoms with E-state index in [0.29, 0.717) is 11.3 Å². The second kappa shape index (κ2) is 2.09. The van der Waals surface area contributed by atoms with E-state index < -0.39 is 0 Å². The Labute approximate surface area is 68.2 Å². The molecule has 0 aliphatic heterocycles. The van der Waals surface area contributed by atoms with E-state index in [4.69, 9.17) is 0 Å². The summed E-state index contributed by atoms with van der Waals surface area (Å²) < 4.78 is 0. The average molecular weight is 152 g/mol. The van der Waals surface area contributed by atoms with E-state index in [2.05, 4.69) is 13.8 Å². The summed E-state index contributed by atoms with van der Waals surface area (Å²) in [6.45, 7) is 4.71. The fourth-order valence-corrected chi connectivity index (χ4v) is 2.86. The van der Waals surface area contributed by atoms with Crippen LogP contribution in [-0.2, 0) is 4.79 Å². The maximum Gasteiger partial charge on any atom is 0.123 e. The quantitative estimate of drug-likeness (QED) is 0.527. The lowest BCUT2D eigenvalue weighted by molar-refractivity contribution is -0.126. The van der Waals surface area contributed by atoms with Gasteiger partial charge >= 0.3 is 0 Å². The number of fused-ring (bicyclic) bond motifs is 2. The van der Waals surface area contributed by atoms with Gasteiger partial charge in [0.1, 0.15) is 6.29 Å². The predicted molar refractivity (Wildman–Crippen MR) is 44.2 cm³/mol. The van der Waals surface area contributed by atoms with E-state index in [1.807, 2.05) is 0 Å². The van der Waals surface area contributed by atoms with Crippen molar-refractivity contribution in [1.29, 1.82) is 0 Å². The Balaban J connectivity index is 2.07. The number of carbonyl (C=O) groups is 1. The van der Waals surface area contributed by atoms with E-state index in [9.17, 15) is 4.79 Å². The molecule has 2 bridgehead atoms. The molecule has 1 nitrogen and oxygen atoms in total. The predicted octanol–water partition coefficient (Wildman–Crippen LogP) is 2.26. The lowest BCUT2D eigenvalue weighted by Crippen LogP contribution is -2.50. The van der Waals surface area contributed by atoms with Crippen LogP contribution in [0.25, 0.3) is 0 Å². The van der Waals surface area contributed by atoms with Crippen molar-refractivity contribution in [2.75, 3.05) is 0 Å². The fraction of sp³-hybridized carbons (Fsp3) is 0.900. The van der Waals surface area contributed by atoms with E-state index in [1.165, 1.54) is 6.42 Å². The molecule has 0 amide bonds. The lowest BCUT2D eigenvalue weighted by Gasteiger charge is -2.58. The molecule has 1 heteroatoms. The van der Waals surface area contributed by atoms with Crippen LogP contribution in [0.15, 0.2) is 0 Å². The summed E-state index contributed by atoms with van der Waals surface area (Å²) in [5.74, 6) is 2.08. The van der Waals surface area contributed by atoms with E-state index in [1.54, 1.807) is 0 Å². The largest absolute Gasteiger partial charge is 0.303 e. The van der Waals surface area contributed by atoms with Gasteiger partial charge in [-0.25, -0.2) is 0 Å². The maximum absolute atomic E-state index is 10.5. The zero-order chi connectivity index (χ0) is 8.06. The molecule has 0 spiro atoms. The number of carbonyl (C=O) groups excluding carboxylic acids is 1. The smallest absolute Gasteiger partial charge is 0.123 e. The van der Waals surface area contributed by atoms with Crippen LogP contribution in [0.5, 0.6) is 0 Å². The SMILES string of the molecule is CC1(C)C2CC(C=O)CC1C2. The highest BCUT2D eigenvalue weighted by molar-refractivity contribution is 5.54. The molecular weight excluding hydrogens is 136 g/mol. The van der Waals surface area contributed by atoms with E-state index in [0.717, 1.165) is 31.0 Å². The van der Waals surface area contributed by atoms with Crippen molar-refractivity contribution >= 4 is 6.29 Å². The fourth-order valence-electron chi connectivity index (χ4n) is 2.86.